The molecule has 0 amide bonds. The van der Waals surface area contributed by atoms with Crippen molar-refractivity contribution in [2.75, 3.05) is 0 Å². The summed E-state index contributed by atoms with van der Waals surface area (Å²) in [6.45, 7) is 0. The van der Waals surface area contributed by atoms with Crippen LogP contribution in [0.1, 0.15) is 12.8 Å². The second-order valence-corrected chi connectivity index (χ2v) is 4.43. The lowest BCUT2D eigenvalue weighted by molar-refractivity contribution is 0.127. The van der Waals surface area contributed by atoms with Gasteiger partial charge in [-0.05, 0) is 25.0 Å². The molecule has 1 aromatic rings. The lowest BCUT2D eigenvalue weighted by atomic mass is 9.95. The van der Waals surface area contributed by atoms with E-state index >= 15 is 0 Å². The Balaban J connectivity index is 1.98. The summed E-state index contributed by atoms with van der Waals surface area (Å²) in [4.78, 5) is 0. The molecule has 0 heterocycles. The Bertz CT molecular complexity index is 297. The molecule has 0 unspecified atom stereocenters. The van der Waals surface area contributed by atoms with Crippen LogP contribution in [0.5, 0.6) is 5.75 Å². The highest BCUT2D eigenvalue weighted by Gasteiger charge is 2.28. The molecule has 0 spiro atoms. The summed E-state index contributed by atoms with van der Waals surface area (Å²) in [6.07, 6.45) is 2.35. The molecule has 1 aliphatic rings. The normalized spacial score (nSPS) is 26.6. The van der Waals surface area contributed by atoms with Gasteiger partial charge in [0, 0.05) is 5.25 Å². The van der Waals surface area contributed by atoms with Crippen LogP contribution in [0.25, 0.3) is 0 Å². The zero-order chi connectivity index (χ0) is 9.26. The van der Waals surface area contributed by atoms with E-state index in [2.05, 4.69) is 12.6 Å². The van der Waals surface area contributed by atoms with Gasteiger partial charge < -0.3 is 4.74 Å². The predicted molar refractivity (Wildman–Crippen MR) is 57.9 cm³/mol. The van der Waals surface area contributed by atoms with E-state index in [1.807, 2.05) is 24.3 Å². The van der Waals surface area contributed by atoms with Crippen LogP contribution in [0.2, 0.25) is 5.02 Å². The van der Waals surface area contributed by atoms with E-state index in [-0.39, 0.29) is 0 Å². The Hall–Kier alpha value is -0.340. The van der Waals surface area contributed by atoms with Crippen LogP contribution >= 0.6 is 24.2 Å². The second-order valence-electron chi connectivity index (χ2n) is 3.30. The minimum Gasteiger partial charge on any atom is -0.489 e. The molecule has 0 atom stereocenters. The molecule has 1 saturated carbocycles. The van der Waals surface area contributed by atoms with Gasteiger partial charge >= 0.3 is 0 Å². The van der Waals surface area contributed by atoms with Crippen molar-refractivity contribution in [3.8, 4) is 5.75 Å². The molecule has 70 valence electrons. The molecule has 0 N–H and O–H groups in total. The van der Waals surface area contributed by atoms with Crippen molar-refractivity contribution in [2.24, 2.45) is 0 Å². The molecule has 1 aromatic carbocycles. The van der Waals surface area contributed by atoms with Crippen molar-refractivity contribution in [3.05, 3.63) is 29.3 Å². The maximum atomic E-state index is 5.94. The van der Waals surface area contributed by atoms with Gasteiger partial charge in [-0.1, -0.05) is 23.7 Å². The predicted octanol–water partition coefficient (Wildman–Crippen LogP) is 3.18. The molecular weight excluding hydrogens is 204 g/mol. The summed E-state index contributed by atoms with van der Waals surface area (Å²) in [5.41, 5.74) is 0. The maximum Gasteiger partial charge on any atom is 0.138 e. The van der Waals surface area contributed by atoms with E-state index in [1.54, 1.807) is 0 Å². The quantitative estimate of drug-likeness (QED) is 0.745. The molecule has 0 radical (unpaired) electrons. The topological polar surface area (TPSA) is 9.23 Å². The van der Waals surface area contributed by atoms with Crippen LogP contribution < -0.4 is 4.74 Å². The number of hydrogen-bond donors (Lipinski definition) is 1. The van der Waals surface area contributed by atoms with Gasteiger partial charge in [0.25, 0.3) is 0 Å². The molecule has 2 rings (SSSR count). The Morgan fingerprint density at radius 1 is 1.31 bits per heavy atom. The zero-order valence-corrected chi connectivity index (χ0v) is 8.76. The van der Waals surface area contributed by atoms with E-state index in [4.69, 9.17) is 16.3 Å². The average molecular weight is 215 g/mol. The van der Waals surface area contributed by atoms with Gasteiger partial charge in [-0.3, -0.25) is 0 Å². The summed E-state index contributed by atoms with van der Waals surface area (Å²) in [7, 11) is 0. The van der Waals surface area contributed by atoms with Crippen LogP contribution in [0, 0.1) is 0 Å². The molecule has 13 heavy (non-hydrogen) atoms. The van der Waals surface area contributed by atoms with E-state index < -0.39 is 0 Å². The molecule has 1 aliphatic carbocycles. The fourth-order valence-corrected chi connectivity index (χ4v) is 2.00. The van der Waals surface area contributed by atoms with Gasteiger partial charge in [0.2, 0.25) is 0 Å². The minimum absolute atomic E-state index is 0.308. The van der Waals surface area contributed by atoms with Crippen LogP contribution in [0.3, 0.4) is 0 Å². The van der Waals surface area contributed by atoms with Gasteiger partial charge in [-0.2, -0.15) is 12.6 Å². The van der Waals surface area contributed by atoms with Gasteiger partial charge in [-0.25, -0.2) is 0 Å². The standard InChI is InChI=1S/C10H11ClOS/c11-9-3-1-2-4-10(9)12-7-5-8(13)6-7/h1-4,7-8,13H,5-6H2. The third-order valence-corrected chi connectivity index (χ3v) is 2.93. The van der Waals surface area contributed by atoms with E-state index in [9.17, 15) is 0 Å². The highest BCUT2D eigenvalue weighted by atomic mass is 35.5. The van der Waals surface area contributed by atoms with Crippen molar-refractivity contribution >= 4 is 24.2 Å². The fraction of sp³-hybridized carbons (Fsp3) is 0.400. The maximum absolute atomic E-state index is 5.94. The van der Waals surface area contributed by atoms with Crippen molar-refractivity contribution < 1.29 is 4.74 Å². The number of thiol groups is 1. The van der Waals surface area contributed by atoms with Crippen LogP contribution in [0.15, 0.2) is 24.3 Å². The van der Waals surface area contributed by atoms with Crippen LogP contribution in [-0.4, -0.2) is 11.4 Å². The van der Waals surface area contributed by atoms with Crippen molar-refractivity contribution in [3.63, 3.8) is 0 Å². The lowest BCUT2D eigenvalue weighted by Crippen LogP contribution is -2.34. The molecule has 0 bridgehead atoms. The number of halogens is 1. The Morgan fingerprint density at radius 2 is 2.00 bits per heavy atom. The first-order chi connectivity index (χ1) is 6.25. The SMILES string of the molecule is SC1CC(Oc2ccccc2Cl)C1. The summed E-state index contributed by atoms with van der Waals surface area (Å²) < 4.78 is 5.67. The van der Waals surface area contributed by atoms with Gasteiger partial charge in [0.1, 0.15) is 11.9 Å². The molecule has 1 nitrogen and oxygen atoms in total. The van der Waals surface area contributed by atoms with E-state index in [0.717, 1.165) is 18.6 Å². The van der Waals surface area contributed by atoms with Gasteiger partial charge in [0.05, 0.1) is 5.02 Å². The Morgan fingerprint density at radius 3 is 2.62 bits per heavy atom. The first-order valence-corrected chi connectivity index (χ1v) is 5.24. The smallest absolute Gasteiger partial charge is 0.138 e. The van der Waals surface area contributed by atoms with Crippen molar-refractivity contribution in [2.45, 2.75) is 24.2 Å². The van der Waals surface area contributed by atoms with Gasteiger partial charge in [0.15, 0.2) is 0 Å². The lowest BCUT2D eigenvalue weighted by Gasteiger charge is -2.32. The average Bonchev–Trinajstić information content (AvgIpc) is 2.06. The van der Waals surface area contributed by atoms with E-state index in [1.165, 1.54) is 0 Å². The summed E-state index contributed by atoms with van der Waals surface area (Å²) in [5.74, 6) is 0.786. The van der Waals surface area contributed by atoms with Crippen LogP contribution in [0.4, 0.5) is 0 Å². The third kappa shape index (κ3) is 2.12. The van der Waals surface area contributed by atoms with Gasteiger partial charge in [-0.15, -0.1) is 0 Å². The number of ether oxygens (including phenoxy) is 1. The van der Waals surface area contributed by atoms with Crippen molar-refractivity contribution in [1.82, 2.24) is 0 Å². The number of rotatable bonds is 2. The number of para-hydroxylation sites is 1. The monoisotopic (exact) mass is 214 g/mol. The summed E-state index contributed by atoms with van der Waals surface area (Å²) in [5, 5.41) is 1.19. The van der Waals surface area contributed by atoms with Crippen LogP contribution in [-0.2, 0) is 0 Å². The largest absolute Gasteiger partial charge is 0.489 e. The minimum atomic E-state index is 0.308. The Labute approximate surface area is 88.5 Å². The molecular formula is C10H11ClOS. The molecule has 0 saturated heterocycles. The zero-order valence-electron chi connectivity index (χ0n) is 7.11. The first-order valence-electron chi connectivity index (χ1n) is 4.35. The summed E-state index contributed by atoms with van der Waals surface area (Å²) in [6, 6.07) is 7.57. The summed E-state index contributed by atoms with van der Waals surface area (Å²) >= 11 is 10.3. The number of hydrogen-bond acceptors (Lipinski definition) is 2. The number of benzene rings is 1. The molecule has 1 fully saturated rings. The van der Waals surface area contributed by atoms with E-state index in [0.29, 0.717) is 16.4 Å². The first kappa shape index (κ1) is 9.22. The molecule has 0 aliphatic heterocycles. The third-order valence-electron chi connectivity index (χ3n) is 2.20. The Kier molecular flexibility index (Phi) is 2.70. The highest BCUT2D eigenvalue weighted by molar-refractivity contribution is 7.81. The molecule has 3 heteroatoms. The van der Waals surface area contributed by atoms with Crippen molar-refractivity contribution in [1.29, 1.82) is 0 Å². The molecule has 0 aromatic heterocycles. The fourth-order valence-electron chi connectivity index (χ4n) is 1.35. The highest BCUT2D eigenvalue weighted by Crippen LogP contribution is 2.32. The second kappa shape index (κ2) is 3.81.